The summed E-state index contributed by atoms with van der Waals surface area (Å²) < 4.78 is 27.5. The van der Waals surface area contributed by atoms with Gasteiger partial charge in [0.2, 0.25) is 0 Å². The Kier molecular flexibility index (Phi) is 5.96. The van der Waals surface area contributed by atoms with E-state index in [2.05, 4.69) is 5.32 Å². The third-order valence-corrected chi connectivity index (χ3v) is 4.34. The van der Waals surface area contributed by atoms with Crippen LogP contribution in [0.4, 0.5) is 8.78 Å². The number of hydrogen-bond donors (Lipinski definition) is 1. The zero-order valence-electron chi connectivity index (χ0n) is 12.3. The maximum absolute atomic E-state index is 14.1. The summed E-state index contributed by atoms with van der Waals surface area (Å²) in [4.78, 5) is 0. The second kappa shape index (κ2) is 7.72. The van der Waals surface area contributed by atoms with Crippen molar-refractivity contribution in [3.8, 4) is 0 Å². The molecule has 1 fully saturated rings. The van der Waals surface area contributed by atoms with Gasteiger partial charge in [0.1, 0.15) is 11.6 Å². The fourth-order valence-electron chi connectivity index (χ4n) is 3.32. The van der Waals surface area contributed by atoms with Crippen molar-refractivity contribution in [2.45, 2.75) is 57.9 Å². The van der Waals surface area contributed by atoms with Crippen LogP contribution in [0.3, 0.4) is 0 Å². The van der Waals surface area contributed by atoms with Crippen LogP contribution in [0.15, 0.2) is 18.2 Å². The van der Waals surface area contributed by atoms with Gasteiger partial charge < -0.3 is 5.32 Å². The SMILES string of the molecule is CCNC(c1cc(F)ccc1F)C1CCCCCCC1. The van der Waals surface area contributed by atoms with E-state index in [1.54, 1.807) is 0 Å². The minimum Gasteiger partial charge on any atom is -0.310 e. The standard InChI is InChI=1S/C17H25F2N/c1-2-20-17(13-8-6-4-3-5-7-9-13)15-12-14(18)10-11-16(15)19/h10-13,17,20H,2-9H2,1H3. The van der Waals surface area contributed by atoms with Crippen molar-refractivity contribution < 1.29 is 8.78 Å². The molecule has 2 rings (SSSR count). The van der Waals surface area contributed by atoms with Crippen molar-refractivity contribution in [1.29, 1.82) is 0 Å². The Morgan fingerprint density at radius 1 is 1.10 bits per heavy atom. The Balaban J connectivity index is 2.21. The van der Waals surface area contributed by atoms with Gasteiger partial charge in [-0.05, 0) is 43.5 Å². The zero-order chi connectivity index (χ0) is 14.4. The zero-order valence-corrected chi connectivity index (χ0v) is 12.3. The summed E-state index contributed by atoms with van der Waals surface area (Å²) in [5.41, 5.74) is 0.498. The molecule has 1 aliphatic rings. The fraction of sp³-hybridized carbons (Fsp3) is 0.647. The minimum atomic E-state index is -0.352. The number of hydrogen-bond acceptors (Lipinski definition) is 1. The van der Waals surface area contributed by atoms with E-state index in [1.807, 2.05) is 6.92 Å². The minimum absolute atomic E-state index is 0.0613. The normalized spacial score (nSPS) is 19.4. The molecular formula is C17H25F2N. The van der Waals surface area contributed by atoms with Crippen LogP contribution in [0.2, 0.25) is 0 Å². The summed E-state index contributed by atoms with van der Waals surface area (Å²) in [6.07, 6.45) is 8.45. The van der Waals surface area contributed by atoms with Crippen LogP contribution < -0.4 is 5.32 Å². The summed E-state index contributed by atoms with van der Waals surface area (Å²) in [6, 6.07) is 3.74. The molecule has 0 spiro atoms. The average Bonchev–Trinajstić information content (AvgIpc) is 2.40. The van der Waals surface area contributed by atoms with Crippen molar-refractivity contribution in [2.75, 3.05) is 6.54 Å². The summed E-state index contributed by atoms with van der Waals surface area (Å²) in [6.45, 7) is 2.80. The van der Waals surface area contributed by atoms with E-state index < -0.39 is 0 Å². The first kappa shape index (κ1) is 15.4. The lowest BCUT2D eigenvalue weighted by Gasteiger charge is -2.30. The number of halogens is 2. The molecule has 1 nitrogen and oxygen atoms in total. The third-order valence-electron chi connectivity index (χ3n) is 4.34. The van der Waals surface area contributed by atoms with Crippen LogP contribution in [-0.2, 0) is 0 Å². The van der Waals surface area contributed by atoms with E-state index >= 15 is 0 Å². The molecule has 1 aromatic rings. The molecule has 1 N–H and O–H groups in total. The Hall–Kier alpha value is -0.960. The average molecular weight is 281 g/mol. The molecule has 1 saturated carbocycles. The van der Waals surface area contributed by atoms with Crippen molar-refractivity contribution in [2.24, 2.45) is 5.92 Å². The van der Waals surface area contributed by atoms with Crippen molar-refractivity contribution in [1.82, 2.24) is 5.32 Å². The first-order valence-corrected chi connectivity index (χ1v) is 7.90. The van der Waals surface area contributed by atoms with E-state index in [1.165, 1.54) is 50.3 Å². The van der Waals surface area contributed by atoms with Gasteiger partial charge in [0.15, 0.2) is 0 Å². The predicted molar refractivity (Wildman–Crippen MR) is 78.6 cm³/mol. The second-order valence-electron chi connectivity index (χ2n) is 5.81. The second-order valence-corrected chi connectivity index (χ2v) is 5.81. The predicted octanol–water partition coefficient (Wildman–Crippen LogP) is 4.98. The quantitative estimate of drug-likeness (QED) is 0.821. The Labute approximate surface area is 120 Å². The lowest BCUT2D eigenvalue weighted by atomic mass is 9.82. The van der Waals surface area contributed by atoms with Gasteiger partial charge in [0.05, 0.1) is 0 Å². The molecule has 0 aromatic heterocycles. The van der Waals surface area contributed by atoms with Crippen LogP contribution in [0, 0.1) is 17.6 Å². The first-order chi connectivity index (χ1) is 9.72. The highest BCUT2D eigenvalue weighted by molar-refractivity contribution is 5.23. The van der Waals surface area contributed by atoms with Crippen LogP contribution >= 0.6 is 0 Å². The highest BCUT2D eigenvalue weighted by atomic mass is 19.1. The maximum atomic E-state index is 14.1. The lowest BCUT2D eigenvalue weighted by molar-refractivity contribution is 0.285. The number of nitrogens with one attached hydrogen (secondary N) is 1. The molecule has 1 unspecified atom stereocenters. The molecule has 3 heteroatoms. The molecule has 0 bridgehead atoms. The van der Waals surface area contributed by atoms with Crippen LogP contribution in [0.1, 0.15) is 63.5 Å². The molecule has 0 radical (unpaired) electrons. The van der Waals surface area contributed by atoms with E-state index in [0.717, 1.165) is 19.4 Å². The summed E-state index contributed by atoms with van der Waals surface area (Å²) >= 11 is 0. The molecule has 1 aromatic carbocycles. The summed E-state index contributed by atoms with van der Waals surface area (Å²) in [5.74, 6) is -0.235. The first-order valence-electron chi connectivity index (χ1n) is 7.90. The van der Waals surface area contributed by atoms with Crippen LogP contribution in [0.5, 0.6) is 0 Å². The summed E-state index contributed by atoms with van der Waals surface area (Å²) in [7, 11) is 0. The third kappa shape index (κ3) is 4.02. The van der Waals surface area contributed by atoms with Crippen LogP contribution in [-0.4, -0.2) is 6.54 Å². The van der Waals surface area contributed by atoms with Gasteiger partial charge >= 0.3 is 0 Å². The Morgan fingerprint density at radius 3 is 2.40 bits per heavy atom. The van der Waals surface area contributed by atoms with Gasteiger partial charge in [-0.3, -0.25) is 0 Å². The lowest BCUT2D eigenvalue weighted by Crippen LogP contribution is -2.29. The molecular weight excluding hydrogens is 256 g/mol. The Morgan fingerprint density at radius 2 is 1.75 bits per heavy atom. The van der Waals surface area contributed by atoms with Crippen molar-refractivity contribution in [3.05, 3.63) is 35.4 Å². The van der Waals surface area contributed by atoms with E-state index in [-0.39, 0.29) is 17.7 Å². The largest absolute Gasteiger partial charge is 0.310 e. The van der Waals surface area contributed by atoms with Gasteiger partial charge in [-0.15, -0.1) is 0 Å². The highest BCUT2D eigenvalue weighted by Crippen LogP contribution is 2.34. The smallest absolute Gasteiger partial charge is 0.128 e. The van der Waals surface area contributed by atoms with Gasteiger partial charge in [-0.25, -0.2) is 8.78 Å². The highest BCUT2D eigenvalue weighted by Gasteiger charge is 2.25. The van der Waals surface area contributed by atoms with Gasteiger partial charge in [-0.2, -0.15) is 0 Å². The van der Waals surface area contributed by atoms with E-state index in [9.17, 15) is 8.78 Å². The maximum Gasteiger partial charge on any atom is 0.128 e. The molecule has 20 heavy (non-hydrogen) atoms. The molecule has 0 aliphatic heterocycles. The summed E-state index contributed by atoms with van der Waals surface area (Å²) in [5, 5.41) is 3.38. The molecule has 0 saturated heterocycles. The van der Waals surface area contributed by atoms with E-state index in [0.29, 0.717) is 11.5 Å². The molecule has 0 amide bonds. The Bertz CT molecular complexity index is 411. The molecule has 1 atom stereocenters. The van der Waals surface area contributed by atoms with Crippen molar-refractivity contribution in [3.63, 3.8) is 0 Å². The van der Waals surface area contributed by atoms with E-state index in [4.69, 9.17) is 0 Å². The molecule has 1 aliphatic carbocycles. The van der Waals surface area contributed by atoms with Crippen molar-refractivity contribution >= 4 is 0 Å². The van der Waals surface area contributed by atoms with Crippen LogP contribution in [0.25, 0.3) is 0 Å². The monoisotopic (exact) mass is 281 g/mol. The molecule has 112 valence electrons. The topological polar surface area (TPSA) is 12.0 Å². The van der Waals surface area contributed by atoms with Gasteiger partial charge in [-0.1, -0.05) is 39.0 Å². The fourth-order valence-corrected chi connectivity index (χ4v) is 3.32. The van der Waals surface area contributed by atoms with Gasteiger partial charge in [0.25, 0.3) is 0 Å². The van der Waals surface area contributed by atoms with Gasteiger partial charge in [0, 0.05) is 11.6 Å². The number of rotatable bonds is 4. The molecule has 0 heterocycles. The number of benzene rings is 1.